The highest BCUT2D eigenvalue weighted by atomic mass is 19.4. The van der Waals surface area contributed by atoms with Crippen LogP contribution in [-0.2, 0) is 6.18 Å². The largest absolute Gasteiger partial charge is 0.417 e. The molecule has 4 nitrogen and oxygen atoms in total. The van der Waals surface area contributed by atoms with Gasteiger partial charge in [-0.1, -0.05) is 0 Å². The molecule has 0 saturated carbocycles. The molecule has 0 bridgehead atoms. The third kappa shape index (κ3) is 2.10. The highest BCUT2D eigenvalue weighted by molar-refractivity contribution is 5.47. The topological polar surface area (TPSA) is 54.5 Å². The van der Waals surface area contributed by atoms with Crippen LogP contribution in [0.3, 0.4) is 0 Å². The Morgan fingerprint density at radius 3 is 2.35 bits per heavy atom. The molecule has 1 aromatic carbocycles. The highest BCUT2D eigenvalue weighted by Gasteiger charge is 2.33. The van der Waals surface area contributed by atoms with Gasteiger partial charge in [-0.15, -0.1) is 10.2 Å². The number of rotatable bonds is 1. The average molecular weight is 238 g/mol. The molecule has 0 aliphatic heterocycles. The number of nitriles is 1. The quantitative estimate of drug-likeness (QED) is 0.764. The second kappa shape index (κ2) is 3.90. The lowest BCUT2D eigenvalue weighted by molar-refractivity contribution is -0.137. The van der Waals surface area contributed by atoms with Crippen LogP contribution in [0.25, 0.3) is 5.69 Å². The Hall–Kier alpha value is -2.36. The van der Waals surface area contributed by atoms with Crippen molar-refractivity contribution in [3.05, 3.63) is 42.0 Å². The van der Waals surface area contributed by atoms with Crippen molar-refractivity contribution >= 4 is 0 Å². The van der Waals surface area contributed by atoms with Crippen LogP contribution in [0.1, 0.15) is 11.1 Å². The van der Waals surface area contributed by atoms with Crippen LogP contribution in [0.5, 0.6) is 0 Å². The van der Waals surface area contributed by atoms with Crippen LogP contribution in [-0.4, -0.2) is 14.8 Å². The minimum absolute atomic E-state index is 0.251. The minimum Gasteiger partial charge on any atom is -0.288 e. The van der Waals surface area contributed by atoms with Gasteiger partial charge >= 0.3 is 6.18 Å². The molecule has 1 aromatic heterocycles. The molecule has 0 fully saturated rings. The lowest BCUT2D eigenvalue weighted by atomic mass is 10.1. The van der Waals surface area contributed by atoms with Crippen molar-refractivity contribution in [2.45, 2.75) is 6.18 Å². The molecule has 0 N–H and O–H groups in total. The summed E-state index contributed by atoms with van der Waals surface area (Å²) >= 11 is 0. The third-order valence-electron chi connectivity index (χ3n) is 2.15. The molecule has 2 rings (SSSR count). The molecule has 0 amide bonds. The predicted molar refractivity (Wildman–Crippen MR) is 51.1 cm³/mol. The summed E-state index contributed by atoms with van der Waals surface area (Å²) in [7, 11) is 0. The summed E-state index contributed by atoms with van der Waals surface area (Å²) in [5.74, 6) is 0. The van der Waals surface area contributed by atoms with Crippen LogP contribution in [0, 0.1) is 11.3 Å². The maximum atomic E-state index is 12.7. The van der Waals surface area contributed by atoms with Crippen molar-refractivity contribution in [2.75, 3.05) is 0 Å². The van der Waals surface area contributed by atoms with Gasteiger partial charge in [0.1, 0.15) is 12.7 Å². The van der Waals surface area contributed by atoms with Crippen LogP contribution >= 0.6 is 0 Å². The molecular weight excluding hydrogens is 233 g/mol. The summed E-state index contributed by atoms with van der Waals surface area (Å²) in [6.45, 7) is 0. The van der Waals surface area contributed by atoms with E-state index >= 15 is 0 Å². The molecule has 0 aliphatic rings. The minimum atomic E-state index is -4.56. The normalized spacial score (nSPS) is 11.2. The number of benzene rings is 1. The van der Waals surface area contributed by atoms with E-state index in [0.717, 1.165) is 12.1 Å². The Morgan fingerprint density at radius 1 is 1.18 bits per heavy atom. The molecule has 0 saturated heterocycles. The van der Waals surface area contributed by atoms with Crippen molar-refractivity contribution in [1.82, 2.24) is 14.8 Å². The maximum absolute atomic E-state index is 12.7. The van der Waals surface area contributed by atoms with Gasteiger partial charge in [0.2, 0.25) is 0 Å². The fourth-order valence-electron chi connectivity index (χ4n) is 1.36. The molecule has 0 radical (unpaired) electrons. The second-order valence-electron chi connectivity index (χ2n) is 3.21. The van der Waals surface area contributed by atoms with E-state index in [-0.39, 0.29) is 5.69 Å². The van der Waals surface area contributed by atoms with E-state index in [1.165, 1.54) is 29.4 Å². The van der Waals surface area contributed by atoms with Gasteiger partial charge in [-0.3, -0.25) is 4.57 Å². The summed E-state index contributed by atoms with van der Waals surface area (Å²) in [5.41, 5.74) is -1.12. The fourth-order valence-corrected chi connectivity index (χ4v) is 1.36. The zero-order valence-corrected chi connectivity index (χ0v) is 8.31. The monoisotopic (exact) mass is 238 g/mol. The zero-order valence-electron chi connectivity index (χ0n) is 8.31. The molecule has 0 aliphatic carbocycles. The summed E-state index contributed by atoms with van der Waals surface area (Å²) in [6, 6.07) is 4.93. The van der Waals surface area contributed by atoms with Crippen molar-refractivity contribution in [3.8, 4) is 11.8 Å². The van der Waals surface area contributed by atoms with E-state index in [1.54, 1.807) is 0 Å². The maximum Gasteiger partial charge on any atom is 0.417 e. The molecule has 0 unspecified atom stereocenters. The molecule has 2 aromatic rings. The Labute approximate surface area is 93.9 Å². The second-order valence-corrected chi connectivity index (χ2v) is 3.21. The highest BCUT2D eigenvalue weighted by Crippen LogP contribution is 2.33. The molecule has 0 atom stereocenters. The zero-order chi connectivity index (χ0) is 12.5. The Kier molecular flexibility index (Phi) is 2.55. The first-order valence-corrected chi connectivity index (χ1v) is 4.48. The van der Waals surface area contributed by atoms with Crippen molar-refractivity contribution in [3.63, 3.8) is 0 Å². The average Bonchev–Trinajstić information content (AvgIpc) is 2.80. The molecular formula is C10H5F3N4. The summed E-state index contributed by atoms with van der Waals surface area (Å²) in [6.07, 6.45) is -2.00. The number of hydrogen-bond donors (Lipinski definition) is 0. The number of aromatic nitrogens is 3. The van der Waals surface area contributed by atoms with Gasteiger partial charge in [0.25, 0.3) is 0 Å². The lowest BCUT2D eigenvalue weighted by Gasteiger charge is -2.10. The van der Waals surface area contributed by atoms with Crippen molar-refractivity contribution in [1.29, 1.82) is 5.26 Å². The number of nitrogens with zero attached hydrogens (tertiary/aromatic N) is 4. The van der Waals surface area contributed by atoms with Gasteiger partial charge in [-0.05, 0) is 18.2 Å². The SMILES string of the molecule is N#Cc1ccc(-n2cnnc2)cc1C(F)(F)F. The van der Waals surface area contributed by atoms with E-state index in [9.17, 15) is 13.2 Å². The first-order chi connectivity index (χ1) is 8.02. The number of halogens is 3. The van der Waals surface area contributed by atoms with E-state index in [1.807, 2.05) is 0 Å². The Morgan fingerprint density at radius 2 is 1.82 bits per heavy atom. The fraction of sp³-hybridized carbons (Fsp3) is 0.100. The summed E-state index contributed by atoms with van der Waals surface area (Å²) < 4.78 is 39.3. The van der Waals surface area contributed by atoms with Gasteiger partial charge in [-0.25, -0.2) is 0 Å². The van der Waals surface area contributed by atoms with E-state index in [2.05, 4.69) is 10.2 Å². The number of hydrogen-bond acceptors (Lipinski definition) is 3. The molecule has 0 spiro atoms. The Bertz CT molecular complexity index is 566. The first kappa shape index (κ1) is 11.1. The van der Waals surface area contributed by atoms with Gasteiger partial charge in [-0.2, -0.15) is 18.4 Å². The predicted octanol–water partition coefficient (Wildman–Crippen LogP) is 2.16. The Balaban J connectivity index is 2.58. The molecule has 1 heterocycles. The summed E-state index contributed by atoms with van der Waals surface area (Å²) in [4.78, 5) is 0. The van der Waals surface area contributed by atoms with Gasteiger partial charge in [0.15, 0.2) is 0 Å². The number of alkyl halides is 3. The van der Waals surface area contributed by atoms with E-state index in [0.29, 0.717) is 0 Å². The van der Waals surface area contributed by atoms with Crippen molar-refractivity contribution < 1.29 is 13.2 Å². The molecule has 17 heavy (non-hydrogen) atoms. The standard InChI is InChI=1S/C10H5F3N4/c11-10(12,13)9-3-8(2-1-7(9)4-14)17-5-15-16-6-17/h1-3,5-6H. The van der Waals surface area contributed by atoms with Gasteiger partial charge in [0, 0.05) is 5.69 Å². The van der Waals surface area contributed by atoms with Crippen LogP contribution in [0.15, 0.2) is 30.9 Å². The molecule has 86 valence electrons. The van der Waals surface area contributed by atoms with Crippen molar-refractivity contribution in [2.24, 2.45) is 0 Å². The van der Waals surface area contributed by atoms with E-state index in [4.69, 9.17) is 5.26 Å². The van der Waals surface area contributed by atoms with Crippen LogP contribution < -0.4 is 0 Å². The van der Waals surface area contributed by atoms with Gasteiger partial charge in [0.05, 0.1) is 17.2 Å². The van der Waals surface area contributed by atoms with E-state index < -0.39 is 17.3 Å². The smallest absolute Gasteiger partial charge is 0.288 e. The first-order valence-electron chi connectivity index (χ1n) is 4.48. The molecule has 7 heteroatoms. The third-order valence-corrected chi connectivity index (χ3v) is 2.15. The summed E-state index contributed by atoms with van der Waals surface area (Å²) in [5, 5.41) is 15.6. The lowest BCUT2D eigenvalue weighted by Crippen LogP contribution is -2.09. The van der Waals surface area contributed by atoms with Crippen LogP contribution in [0.2, 0.25) is 0 Å². The van der Waals surface area contributed by atoms with Crippen LogP contribution in [0.4, 0.5) is 13.2 Å². The van der Waals surface area contributed by atoms with Gasteiger partial charge < -0.3 is 0 Å².